The fourth-order valence-corrected chi connectivity index (χ4v) is 4.39. The van der Waals surface area contributed by atoms with Gasteiger partial charge in [-0.3, -0.25) is 0 Å². The zero-order valence-electron chi connectivity index (χ0n) is 20.3. The lowest BCUT2D eigenvalue weighted by atomic mass is 10.0. The number of nitrogens with zero attached hydrogens (tertiary/aromatic N) is 5. The number of carbonyl (C=O) groups excluding carboxylic acids is 1. The molecule has 180 valence electrons. The third kappa shape index (κ3) is 5.11. The van der Waals surface area contributed by atoms with Crippen LogP contribution in [0.25, 0.3) is 28.0 Å². The standard InChI is InChI=1S/C27H30N6O2/c1-27(2,3)35-26(34)32-16-9-12-20(18-32)29-25-28-15-14-21(30-25)23-22-13-7-8-17-33(22)31-24(23)19-10-5-4-6-11-19/h4-8,10-11,13-15,17,20H,9,12,16,18H2,1-3H3,(H,28,29,30)/t20-/m0/s1. The van der Waals surface area contributed by atoms with Crippen LogP contribution in [0.15, 0.2) is 67.0 Å². The Hall–Kier alpha value is -3.94. The van der Waals surface area contributed by atoms with Crippen molar-refractivity contribution in [2.24, 2.45) is 0 Å². The minimum Gasteiger partial charge on any atom is -0.444 e. The number of anilines is 1. The Kier molecular flexibility index (Phi) is 6.11. The highest BCUT2D eigenvalue weighted by Crippen LogP contribution is 2.34. The smallest absolute Gasteiger partial charge is 0.410 e. The highest BCUT2D eigenvalue weighted by Gasteiger charge is 2.28. The Morgan fingerprint density at radius 1 is 1.09 bits per heavy atom. The molecule has 8 heteroatoms. The molecular weight excluding hydrogens is 440 g/mol. The maximum absolute atomic E-state index is 12.6. The van der Waals surface area contributed by atoms with Gasteiger partial charge in [0.05, 0.1) is 16.8 Å². The molecule has 0 radical (unpaired) electrons. The second-order valence-corrected chi connectivity index (χ2v) is 9.80. The van der Waals surface area contributed by atoms with E-state index in [1.54, 1.807) is 11.1 Å². The summed E-state index contributed by atoms with van der Waals surface area (Å²) in [5, 5.41) is 8.28. The fraction of sp³-hybridized carbons (Fsp3) is 0.333. The molecule has 35 heavy (non-hydrogen) atoms. The van der Waals surface area contributed by atoms with Gasteiger partial charge in [-0.2, -0.15) is 5.10 Å². The third-order valence-electron chi connectivity index (χ3n) is 5.91. The van der Waals surface area contributed by atoms with E-state index in [2.05, 4.69) is 22.4 Å². The number of rotatable bonds is 4. The van der Waals surface area contributed by atoms with E-state index in [1.807, 2.05) is 73.9 Å². The number of likely N-dealkylation sites (tertiary alicyclic amines) is 1. The molecule has 1 fully saturated rings. The van der Waals surface area contributed by atoms with Crippen LogP contribution in [0.4, 0.5) is 10.7 Å². The van der Waals surface area contributed by atoms with Crippen LogP contribution in [-0.4, -0.2) is 55.3 Å². The number of nitrogens with one attached hydrogen (secondary N) is 1. The Labute approximate surface area is 205 Å². The number of amides is 1. The molecule has 0 bridgehead atoms. The van der Waals surface area contributed by atoms with Gasteiger partial charge in [0.2, 0.25) is 5.95 Å². The van der Waals surface area contributed by atoms with Crippen molar-refractivity contribution in [2.75, 3.05) is 18.4 Å². The first-order chi connectivity index (χ1) is 16.9. The van der Waals surface area contributed by atoms with Gasteiger partial charge in [0.25, 0.3) is 0 Å². The molecular formula is C27H30N6O2. The van der Waals surface area contributed by atoms with Gasteiger partial charge in [-0.15, -0.1) is 0 Å². The lowest BCUT2D eigenvalue weighted by Crippen LogP contribution is -2.47. The Balaban J connectivity index is 1.42. The summed E-state index contributed by atoms with van der Waals surface area (Å²) in [6.07, 6.45) is 5.25. The van der Waals surface area contributed by atoms with Crippen molar-refractivity contribution in [2.45, 2.75) is 45.3 Å². The molecule has 1 amide bonds. The average Bonchev–Trinajstić information content (AvgIpc) is 3.24. The van der Waals surface area contributed by atoms with Crippen molar-refractivity contribution in [1.82, 2.24) is 24.5 Å². The van der Waals surface area contributed by atoms with Crippen molar-refractivity contribution in [3.05, 3.63) is 67.0 Å². The molecule has 4 aromatic rings. The normalized spacial score (nSPS) is 16.3. The van der Waals surface area contributed by atoms with E-state index in [0.717, 1.165) is 40.9 Å². The molecule has 0 aliphatic carbocycles. The highest BCUT2D eigenvalue weighted by atomic mass is 16.6. The van der Waals surface area contributed by atoms with Crippen molar-refractivity contribution >= 4 is 17.6 Å². The highest BCUT2D eigenvalue weighted by molar-refractivity contribution is 5.90. The van der Waals surface area contributed by atoms with Gasteiger partial charge in [0.15, 0.2) is 0 Å². The summed E-state index contributed by atoms with van der Waals surface area (Å²) in [4.78, 5) is 23.6. The second kappa shape index (κ2) is 9.37. The predicted molar refractivity (Wildman–Crippen MR) is 136 cm³/mol. The second-order valence-electron chi connectivity index (χ2n) is 9.80. The number of pyridine rings is 1. The SMILES string of the molecule is CC(C)(C)OC(=O)N1CCC[C@H](Nc2nccc(-c3c(-c4ccccc4)nn4ccccc34)n2)C1. The van der Waals surface area contributed by atoms with E-state index in [9.17, 15) is 4.79 Å². The fourth-order valence-electron chi connectivity index (χ4n) is 4.39. The lowest BCUT2D eigenvalue weighted by molar-refractivity contribution is 0.0206. The molecule has 1 N–H and O–H groups in total. The summed E-state index contributed by atoms with van der Waals surface area (Å²) in [5.74, 6) is 0.535. The molecule has 4 heterocycles. The molecule has 0 spiro atoms. The van der Waals surface area contributed by atoms with Gasteiger partial charge in [-0.25, -0.2) is 19.3 Å². The van der Waals surface area contributed by atoms with Gasteiger partial charge in [0.1, 0.15) is 11.3 Å². The summed E-state index contributed by atoms with van der Waals surface area (Å²) in [6.45, 7) is 6.89. The number of piperidine rings is 1. The summed E-state index contributed by atoms with van der Waals surface area (Å²) < 4.78 is 7.44. The van der Waals surface area contributed by atoms with Crippen molar-refractivity contribution in [3.8, 4) is 22.5 Å². The van der Waals surface area contributed by atoms with Crippen LogP contribution >= 0.6 is 0 Å². The van der Waals surface area contributed by atoms with Crippen LogP contribution in [-0.2, 0) is 4.74 Å². The number of ether oxygens (including phenoxy) is 1. The van der Waals surface area contributed by atoms with E-state index >= 15 is 0 Å². The number of fused-ring (bicyclic) bond motifs is 1. The van der Waals surface area contributed by atoms with Gasteiger partial charge in [-0.1, -0.05) is 36.4 Å². The van der Waals surface area contributed by atoms with E-state index in [4.69, 9.17) is 14.8 Å². The molecule has 8 nitrogen and oxygen atoms in total. The molecule has 5 rings (SSSR count). The third-order valence-corrected chi connectivity index (χ3v) is 5.91. The Bertz CT molecular complexity index is 1330. The molecule has 0 saturated carbocycles. The maximum Gasteiger partial charge on any atom is 0.410 e. The summed E-state index contributed by atoms with van der Waals surface area (Å²) in [6, 6.07) is 18.1. The maximum atomic E-state index is 12.6. The first-order valence-corrected chi connectivity index (χ1v) is 12.0. The largest absolute Gasteiger partial charge is 0.444 e. The minimum absolute atomic E-state index is 0.0454. The number of hydrogen-bond acceptors (Lipinski definition) is 6. The van der Waals surface area contributed by atoms with E-state index in [-0.39, 0.29) is 12.1 Å². The first kappa shape index (κ1) is 22.8. The van der Waals surface area contributed by atoms with Gasteiger partial charge >= 0.3 is 6.09 Å². The van der Waals surface area contributed by atoms with Crippen LogP contribution in [0.1, 0.15) is 33.6 Å². The number of aromatic nitrogens is 4. The van der Waals surface area contributed by atoms with Gasteiger partial charge in [-0.05, 0) is 51.8 Å². The summed E-state index contributed by atoms with van der Waals surface area (Å²) in [5.41, 5.74) is 4.11. The Morgan fingerprint density at radius 2 is 1.89 bits per heavy atom. The molecule has 0 unspecified atom stereocenters. The van der Waals surface area contributed by atoms with Crippen molar-refractivity contribution in [3.63, 3.8) is 0 Å². The molecule has 1 aliphatic rings. The van der Waals surface area contributed by atoms with Crippen LogP contribution in [0, 0.1) is 0 Å². The van der Waals surface area contributed by atoms with Gasteiger partial charge < -0.3 is 15.0 Å². The summed E-state index contributed by atoms with van der Waals surface area (Å²) >= 11 is 0. The molecule has 1 aliphatic heterocycles. The van der Waals surface area contributed by atoms with Gasteiger partial charge in [0, 0.05) is 37.1 Å². The Morgan fingerprint density at radius 3 is 2.69 bits per heavy atom. The van der Waals surface area contributed by atoms with Crippen molar-refractivity contribution in [1.29, 1.82) is 0 Å². The molecule has 1 atom stereocenters. The first-order valence-electron chi connectivity index (χ1n) is 12.0. The topological polar surface area (TPSA) is 84.6 Å². The number of hydrogen-bond donors (Lipinski definition) is 1. The zero-order chi connectivity index (χ0) is 24.4. The number of carbonyl (C=O) groups is 1. The van der Waals surface area contributed by atoms with E-state index in [1.165, 1.54) is 0 Å². The molecule has 1 saturated heterocycles. The number of benzene rings is 1. The predicted octanol–water partition coefficient (Wildman–Crippen LogP) is 5.27. The van der Waals surface area contributed by atoms with Crippen LogP contribution in [0.3, 0.4) is 0 Å². The van der Waals surface area contributed by atoms with Crippen molar-refractivity contribution < 1.29 is 9.53 Å². The quantitative estimate of drug-likeness (QED) is 0.437. The monoisotopic (exact) mass is 470 g/mol. The minimum atomic E-state index is -0.514. The zero-order valence-corrected chi connectivity index (χ0v) is 20.3. The van der Waals surface area contributed by atoms with E-state index < -0.39 is 5.60 Å². The molecule has 3 aromatic heterocycles. The van der Waals surface area contributed by atoms with Crippen LogP contribution in [0.2, 0.25) is 0 Å². The molecule has 1 aromatic carbocycles. The average molecular weight is 471 g/mol. The van der Waals surface area contributed by atoms with Crippen LogP contribution in [0.5, 0.6) is 0 Å². The lowest BCUT2D eigenvalue weighted by Gasteiger charge is -2.34. The van der Waals surface area contributed by atoms with Crippen LogP contribution < -0.4 is 5.32 Å². The summed E-state index contributed by atoms with van der Waals surface area (Å²) in [7, 11) is 0. The van der Waals surface area contributed by atoms with E-state index in [0.29, 0.717) is 19.0 Å².